The van der Waals surface area contributed by atoms with Crippen LogP contribution < -0.4 is 15.4 Å². The van der Waals surface area contributed by atoms with Gasteiger partial charge in [-0.25, -0.2) is 4.79 Å². The second-order valence-electron chi connectivity index (χ2n) is 6.96. The predicted octanol–water partition coefficient (Wildman–Crippen LogP) is 4.13. The zero-order valence-electron chi connectivity index (χ0n) is 18.6. The van der Waals surface area contributed by atoms with Gasteiger partial charge >= 0.3 is 5.97 Å². The number of carbonyl (C=O) groups excluding carboxylic acids is 3. The number of carbonyl (C=O) groups is 3. The largest absolute Gasteiger partial charge is 0.497 e. The average Bonchev–Trinajstić information content (AvgIpc) is 2.86. The summed E-state index contributed by atoms with van der Waals surface area (Å²) in [6, 6.07) is 19.1. The van der Waals surface area contributed by atoms with E-state index < -0.39 is 23.4 Å². The molecule has 3 aromatic carbocycles. The number of nitro groups is 1. The molecule has 10 nitrogen and oxygen atoms in total. The fourth-order valence-electron chi connectivity index (χ4n) is 2.94. The summed E-state index contributed by atoms with van der Waals surface area (Å²) >= 11 is 1.14. The monoisotopic (exact) mass is 495 g/mol. The van der Waals surface area contributed by atoms with E-state index in [4.69, 9.17) is 9.47 Å². The maximum Gasteiger partial charge on any atom is 0.339 e. The summed E-state index contributed by atoms with van der Waals surface area (Å²) in [7, 11) is 1.53. The molecule has 0 bridgehead atoms. The molecule has 3 aromatic rings. The van der Waals surface area contributed by atoms with Crippen LogP contribution in [0.1, 0.15) is 10.4 Å². The number of nitrogens with zero attached hydrogens (tertiary/aromatic N) is 1. The first kappa shape index (κ1) is 25.2. The van der Waals surface area contributed by atoms with Crippen LogP contribution in [0.2, 0.25) is 0 Å². The molecule has 0 aliphatic rings. The number of esters is 1. The van der Waals surface area contributed by atoms with Crippen LogP contribution in [0.5, 0.6) is 5.75 Å². The van der Waals surface area contributed by atoms with Gasteiger partial charge in [-0.2, -0.15) is 0 Å². The number of anilines is 2. The van der Waals surface area contributed by atoms with Crippen LogP contribution in [-0.2, 0) is 14.3 Å². The van der Waals surface area contributed by atoms with Crippen LogP contribution in [-0.4, -0.2) is 42.2 Å². The first-order valence-corrected chi connectivity index (χ1v) is 11.2. The minimum absolute atomic E-state index is 0.00319. The lowest BCUT2D eigenvalue weighted by atomic mass is 10.2. The topological polar surface area (TPSA) is 137 Å². The Morgan fingerprint density at radius 3 is 2.46 bits per heavy atom. The molecular weight excluding hydrogens is 474 g/mol. The molecule has 0 heterocycles. The molecule has 2 N–H and O–H groups in total. The van der Waals surface area contributed by atoms with E-state index in [0.717, 1.165) is 11.8 Å². The molecule has 0 spiro atoms. The van der Waals surface area contributed by atoms with Crippen molar-refractivity contribution >= 4 is 46.6 Å². The van der Waals surface area contributed by atoms with E-state index in [2.05, 4.69) is 10.6 Å². The van der Waals surface area contributed by atoms with E-state index in [1.165, 1.54) is 37.4 Å². The molecule has 0 saturated heterocycles. The van der Waals surface area contributed by atoms with Crippen molar-refractivity contribution in [3.63, 3.8) is 0 Å². The first-order chi connectivity index (χ1) is 16.9. The minimum Gasteiger partial charge on any atom is -0.497 e. The zero-order chi connectivity index (χ0) is 25.2. The van der Waals surface area contributed by atoms with Crippen LogP contribution >= 0.6 is 11.8 Å². The Hall–Kier alpha value is -4.38. The highest BCUT2D eigenvalue weighted by Gasteiger charge is 2.18. The third-order valence-corrected chi connectivity index (χ3v) is 5.60. The Bertz CT molecular complexity index is 1250. The third-order valence-electron chi connectivity index (χ3n) is 4.53. The number of benzene rings is 3. The molecular formula is C24H21N3O7S. The Balaban J connectivity index is 1.56. The number of hydrogen-bond donors (Lipinski definition) is 2. The number of para-hydroxylation sites is 2. The summed E-state index contributed by atoms with van der Waals surface area (Å²) in [5, 5.41) is 16.2. The lowest BCUT2D eigenvalue weighted by Gasteiger charge is -2.10. The normalized spacial score (nSPS) is 10.2. The number of amides is 2. The van der Waals surface area contributed by atoms with E-state index in [0.29, 0.717) is 16.3 Å². The highest BCUT2D eigenvalue weighted by molar-refractivity contribution is 8.00. The SMILES string of the molecule is COc1cccc(NC(=O)CSc2ccccc2C(=O)OCC(=O)Nc2ccccc2[N+](=O)[O-])c1. The van der Waals surface area contributed by atoms with Crippen LogP contribution in [0, 0.1) is 10.1 Å². The highest BCUT2D eigenvalue weighted by atomic mass is 32.2. The Morgan fingerprint density at radius 1 is 0.943 bits per heavy atom. The van der Waals surface area contributed by atoms with Crippen molar-refractivity contribution in [3.8, 4) is 5.75 Å². The van der Waals surface area contributed by atoms with Crippen LogP contribution in [0.4, 0.5) is 17.1 Å². The second-order valence-corrected chi connectivity index (χ2v) is 7.98. The highest BCUT2D eigenvalue weighted by Crippen LogP contribution is 2.25. The Morgan fingerprint density at radius 2 is 1.69 bits per heavy atom. The maximum atomic E-state index is 12.6. The van der Waals surface area contributed by atoms with Crippen molar-refractivity contribution in [2.45, 2.75) is 4.90 Å². The number of thioether (sulfide) groups is 1. The zero-order valence-corrected chi connectivity index (χ0v) is 19.4. The number of methoxy groups -OCH3 is 1. The van der Waals surface area contributed by atoms with Gasteiger partial charge in [0.2, 0.25) is 5.91 Å². The molecule has 0 saturated carbocycles. The molecule has 180 valence electrons. The van der Waals surface area contributed by atoms with Gasteiger partial charge in [0.05, 0.1) is 23.3 Å². The standard InChI is InChI=1S/C24H21N3O7S/c1-33-17-8-6-7-16(13-17)25-23(29)15-35-21-12-5-2-9-18(21)24(30)34-14-22(28)26-19-10-3-4-11-20(19)27(31)32/h2-13H,14-15H2,1H3,(H,25,29)(H,26,28). The molecule has 0 aromatic heterocycles. The van der Waals surface area contributed by atoms with Gasteiger partial charge in [0.25, 0.3) is 11.6 Å². The molecule has 35 heavy (non-hydrogen) atoms. The van der Waals surface area contributed by atoms with Gasteiger partial charge in [0, 0.05) is 22.7 Å². The number of rotatable bonds is 10. The quantitative estimate of drug-likeness (QED) is 0.185. The summed E-state index contributed by atoms with van der Waals surface area (Å²) < 4.78 is 10.2. The van der Waals surface area contributed by atoms with Gasteiger partial charge < -0.3 is 20.1 Å². The van der Waals surface area contributed by atoms with E-state index in [1.54, 1.807) is 42.5 Å². The van der Waals surface area contributed by atoms with E-state index in [-0.39, 0.29) is 28.6 Å². The van der Waals surface area contributed by atoms with Crippen LogP contribution in [0.15, 0.2) is 77.7 Å². The smallest absolute Gasteiger partial charge is 0.339 e. The van der Waals surface area contributed by atoms with Crippen molar-refractivity contribution in [2.24, 2.45) is 0 Å². The Kier molecular flexibility index (Phi) is 8.79. The number of ether oxygens (including phenoxy) is 2. The van der Waals surface area contributed by atoms with Crippen molar-refractivity contribution in [3.05, 3.63) is 88.5 Å². The molecule has 2 amide bonds. The summed E-state index contributed by atoms with van der Waals surface area (Å²) in [6.07, 6.45) is 0. The van der Waals surface area contributed by atoms with Gasteiger partial charge in [-0.15, -0.1) is 11.8 Å². The Labute approximate surface area is 204 Å². The third kappa shape index (κ3) is 7.30. The van der Waals surface area contributed by atoms with Gasteiger partial charge in [0.15, 0.2) is 6.61 Å². The van der Waals surface area contributed by atoms with Crippen molar-refractivity contribution in [2.75, 3.05) is 30.1 Å². The average molecular weight is 496 g/mol. The molecule has 0 atom stereocenters. The van der Waals surface area contributed by atoms with Crippen molar-refractivity contribution < 1.29 is 28.8 Å². The summed E-state index contributed by atoms with van der Waals surface area (Å²) in [5.41, 5.74) is 0.482. The molecule has 0 fully saturated rings. The first-order valence-electron chi connectivity index (χ1n) is 10.2. The molecule has 0 radical (unpaired) electrons. The van der Waals surface area contributed by atoms with E-state index in [1.807, 2.05) is 0 Å². The molecule has 0 unspecified atom stereocenters. The van der Waals surface area contributed by atoms with Crippen LogP contribution in [0.3, 0.4) is 0 Å². The molecule has 0 aliphatic heterocycles. The fraction of sp³-hybridized carbons (Fsp3) is 0.125. The van der Waals surface area contributed by atoms with Gasteiger partial charge in [-0.05, 0) is 30.3 Å². The summed E-state index contributed by atoms with van der Waals surface area (Å²) in [5.74, 6) is -1.14. The molecule has 0 aliphatic carbocycles. The second kappa shape index (κ2) is 12.2. The predicted molar refractivity (Wildman–Crippen MR) is 131 cm³/mol. The van der Waals surface area contributed by atoms with Crippen molar-refractivity contribution in [1.82, 2.24) is 0 Å². The van der Waals surface area contributed by atoms with Crippen LogP contribution in [0.25, 0.3) is 0 Å². The lowest BCUT2D eigenvalue weighted by Crippen LogP contribution is -2.21. The van der Waals surface area contributed by atoms with E-state index >= 15 is 0 Å². The summed E-state index contributed by atoms with van der Waals surface area (Å²) in [4.78, 5) is 48.0. The molecule has 11 heteroatoms. The van der Waals surface area contributed by atoms with Gasteiger partial charge in [-0.3, -0.25) is 19.7 Å². The van der Waals surface area contributed by atoms with Gasteiger partial charge in [-0.1, -0.05) is 30.3 Å². The number of nitro benzene ring substituents is 1. The molecule has 3 rings (SSSR count). The summed E-state index contributed by atoms with van der Waals surface area (Å²) in [6.45, 7) is -0.639. The number of hydrogen-bond acceptors (Lipinski definition) is 8. The number of nitrogens with one attached hydrogen (secondary N) is 2. The lowest BCUT2D eigenvalue weighted by molar-refractivity contribution is -0.383. The van der Waals surface area contributed by atoms with Gasteiger partial charge in [0.1, 0.15) is 11.4 Å². The van der Waals surface area contributed by atoms with Crippen molar-refractivity contribution in [1.29, 1.82) is 0 Å². The minimum atomic E-state index is -0.765. The van der Waals surface area contributed by atoms with E-state index in [9.17, 15) is 24.5 Å². The maximum absolute atomic E-state index is 12.6. The fourth-order valence-corrected chi connectivity index (χ4v) is 3.78.